The van der Waals surface area contributed by atoms with Crippen LogP contribution in [-0.2, 0) is 6.54 Å². The lowest BCUT2D eigenvalue weighted by Gasteiger charge is -2.14. The topological polar surface area (TPSA) is 97.9 Å². The minimum Gasteiger partial charge on any atom is -0.337 e. The molecule has 0 saturated heterocycles. The van der Waals surface area contributed by atoms with Gasteiger partial charge in [-0.1, -0.05) is 19.0 Å². The Morgan fingerprint density at radius 1 is 1.41 bits per heavy atom. The molecule has 2 aromatic rings. The van der Waals surface area contributed by atoms with E-state index in [2.05, 4.69) is 32.8 Å². The summed E-state index contributed by atoms with van der Waals surface area (Å²) < 4.78 is 6.90. The van der Waals surface area contributed by atoms with Crippen LogP contribution in [0.1, 0.15) is 50.1 Å². The molecule has 0 saturated carbocycles. The van der Waals surface area contributed by atoms with E-state index in [0.717, 1.165) is 18.7 Å². The highest BCUT2D eigenvalue weighted by atomic mass is 16.5. The Labute approximate surface area is 129 Å². The molecule has 120 valence electrons. The molecule has 0 bridgehead atoms. The second kappa shape index (κ2) is 7.06. The van der Waals surface area contributed by atoms with Gasteiger partial charge in [0.05, 0.1) is 5.69 Å². The van der Waals surface area contributed by atoms with E-state index in [9.17, 15) is 4.79 Å². The molecule has 2 N–H and O–H groups in total. The predicted octanol–water partition coefficient (Wildman–Crippen LogP) is 2.57. The fourth-order valence-corrected chi connectivity index (χ4v) is 2.13. The Hall–Kier alpha value is -2.38. The fourth-order valence-electron chi connectivity index (χ4n) is 2.13. The number of rotatable bonds is 6. The van der Waals surface area contributed by atoms with Crippen LogP contribution in [0.4, 0.5) is 10.6 Å². The SMILES string of the molecule is CCCn1nc(C)cc1NC(=O)N[C@@H](CC)c1nc(C)no1. The smallest absolute Gasteiger partial charge is 0.321 e. The van der Waals surface area contributed by atoms with E-state index in [-0.39, 0.29) is 12.1 Å². The molecule has 2 amide bonds. The second-order valence-electron chi connectivity index (χ2n) is 5.13. The minimum absolute atomic E-state index is 0.315. The summed E-state index contributed by atoms with van der Waals surface area (Å²) in [6.45, 7) is 8.39. The molecule has 0 unspecified atom stereocenters. The fraction of sp³-hybridized carbons (Fsp3) is 0.571. The van der Waals surface area contributed by atoms with E-state index in [4.69, 9.17) is 4.52 Å². The normalized spacial score (nSPS) is 12.2. The first-order valence-electron chi connectivity index (χ1n) is 7.45. The van der Waals surface area contributed by atoms with Crippen LogP contribution in [0.2, 0.25) is 0 Å². The largest absolute Gasteiger partial charge is 0.337 e. The number of nitrogens with one attached hydrogen (secondary N) is 2. The number of aromatic nitrogens is 4. The van der Waals surface area contributed by atoms with Crippen LogP contribution in [0.25, 0.3) is 0 Å². The summed E-state index contributed by atoms with van der Waals surface area (Å²) in [5.74, 6) is 1.63. The molecule has 8 heteroatoms. The zero-order valence-corrected chi connectivity index (χ0v) is 13.4. The summed E-state index contributed by atoms with van der Waals surface area (Å²) in [4.78, 5) is 16.3. The van der Waals surface area contributed by atoms with Gasteiger partial charge in [0.15, 0.2) is 5.82 Å². The number of carbonyl (C=O) groups excluding carboxylic acids is 1. The third kappa shape index (κ3) is 3.84. The van der Waals surface area contributed by atoms with Gasteiger partial charge < -0.3 is 9.84 Å². The van der Waals surface area contributed by atoms with Gasteiger partial charge in [0.25, 0.3) is 0 Å². The van der Waals surface area contributed by atoms with Crippen LogP contribution < -0.4 is 10.6 Å². The van der Waals surface area contributed by atoms with Crippen LogP contribution in [0.5, 0.6) is 0 Å². The van der Waals surface area contributed by atoms with Gasteiger partial charge in [0.1, 0.15) is 11.9 Å². The standard InChI is InChI=1S/C14H22N6O2/c1-5-7-20-12(8-9(3)18-20)17-14(21)16-11(6-2)13-15-10(4)19-22-13/h8,11H,5-7H2,1-4H3,(H2,16,17,21)/t11-/m0/s1. The molecule has 1 atom stereocenters. The third-order valence-electron chi connectivity index (χ3n) is 3.13. The van der Waals surface area contributed by atoms with Crippen molar-refractivity contribution in [1.82, 2.24) is 25.2 Å². The van der Waals surface area contributed by atoms with Gasteiger partial charge in [-0.3, -0.25) is 5.32 Å². The van der Waals surface area contributed by atoms with Gasteiger partial charge in [-0.25, -0.2) is 9.48 Å². The molecular formula is C14H22N6O2. The summed E-state index contributed by atoms with van der Waals surface area (Å²) in [6, 6.07) is 1.21. The van der Waals surface area contributed by atoms with Crippen LogP contribution in [0.15, 0.2) is 10.6 Å². The number of aryl methyl sites for hydroxylation is 3. The van der Waals surface area contributed by atoms with Gasteiger partial charge in [-0.05, 0) is 26.7 Å². The number of anilines is 1. The van der Waals surface area contributed by atoms with E-state index < -0.39 is 0 Å². The number of amides is 2. The second-order valence-corrected chi connectivity index (χ2v) is 5.13. The number of urea groups is 1. The third-order valence-corrected chi connectivity index (χ3v) is 3.13. The van der Waals surface area contributed by atoms with E-state index >= 15 is 0 Å². The predicted molar refractivity (Wildman–Crippen MR) is 81.5 cm³/mol. The van der Waals surface area contributed by atoms with Crippen molar-refractivity contribution >= 4 is 11.8 Å². The maximum Gasteiger partial charge on any atom is 0.321 e. The zero-order chi connectivity index (χ0) is 16.1. The first kappa shape index (κ1) is 16.0. The Morgan fingerprint density at radius 2 is 2.18 bits per heavy atom. The maximum atomic E-state index is 12.2. The van der Waals surface area contributed by atoms with Crippen molar-refractivity contribution in [2.24, 2.45) is 0 Å². The molecule has 0 spiro atoms. The van der Waals surface area contributed by atoms with Crippen LogP contribution in [0.3, 0.4) is 0 Å². The Kier molecular flexibility index (Phi) is 5.13. The lowest BCUT2D eigenvalue weighted by Crippen LogP contribution is -2.33. The van der Waals surface area contributed by atoms with Gasteiger partial charge in [0.2, 0.25) is 5.89 Å². The van der Waals surface area contributed by atoms with E-state index in [0.29, 0.717) is 24.0 Å². The Balaban J connectivity index is 2.02. The summed E-state index contributed by atoms with van der Waals surface area (Å²) in [7, 11) is 0. The minimum atomic E-state index is -0.319. The van der Waals surface area contributed by atoms with E-state index in [1.54, 1.807) is 11.6 Å². The number of hydrogen-bond acceptors (Lipinski definition) is 5. The summed E-state index contributed by atoms with van der Waals surface area (Å²) >= 11 is 0. The highest BCUT2D eigenvalue weighted by molar-refractivity contribution is 5.88. The van der Waals surface area contributed by atoms with Crippen molar-refractivity contribution in [3.63, 3.8) is 0 Å². The number of nitrogens with zero attached hydrogens (tertiary/aromatic N) is 4. The first-order valence-corrected chi connectivity index (χ1v) is 7.45. The Morgan fingerprint density at radius 3 is 2.77 bits per heavy atom. The van der Waals surface area contributed by atoms with Crippen LogP contribution in [0, 0.1) is 13.8 Å². The summed E-state index contributed by atoms with van der Waals surface area (Å²) in [5, 5.41) is 13.7. The van der Waals surface area contributed by atoms with Crippen molar-refractivity contribution in [2.45, 2.75) is 53.1 Å². The quantitative estimate of drug-likeness (QED) is 0.854. The molecule has 22 heavy (non-hydrogen) atoms. The molecule has 0 aliphatic rings. The monoisotopic (exact) mass is 306 g/mol. The molecule has 2 rings (SSSR count). The summed E-state index contributed by atoms with van der Waals surface area (Å²) in [6.07, 6.45) is 1.60. The van der Waals surface area contributed by atoms with Crippen molar-refractivity contribution in [2.75, 3.05) is 5.32 Å². The molecule has 0 aliphatic carbocycles. The van der Waals surface area contributed by atoms with Crippen molar-refractivity contribution in [3.8, 4) is 0 Å². The molecular weight excluding hydrogens is 284 g/mol. The van der Waals surface area contributed by atoms with Gasteiger partial charge in [-0.15, -0.1) is 0 Å². The maximum absolute atomic E-state index is 12.2. The van der Waals surface area contributed by atoms with Gasteiger partial charge in [0, 0.05) is 12.6 Å². The lowest BCUT2D eigenvalue weighted by molar-refractivity contribution is 0.243. The van der Waals surface area contributed by atoms with Crippen LogP contribution >= 0.6 is 0 Å². The number of carbonyl (C=O) groups is 1. The molecule has 2 aromatic heterocycles. The van der Waals surface area contributed by atoms with Gasteiger partial charge >= 0.3 is 6.03 Å². The average Bonchev–Trinajstić information content (AvgIpc) is 3.03. The zero-order valence-electron chi connectivity index (χ0n) is 13.4. The van der Waals surface area contributed by atoms with E-state index in [1.807, 2.05) is 19.9 Å². The number of hydrogen-bond donors (Lipinski definition) is 2. The van der Waals surface area contributed by atoms with Crippen molar-refractivity contribution in [1.29, 1.82) is 0 Å². The van der Waals surface area contributed by atoms with E-state index in [1.165, 1.54) is 0 Å². The highest BCUT2D eigenvalue weighted by Gasteiger charge is 2.19. The molecule has 0 radical (unpaired) electrons. The van der Waals surface area contributed by atoms with Crippen LogP contribution in [-0.4, -0.2) is 26.0 Å². The molecule has 2 heterocycles. The molecule has 0 aromatic carbocycles. The molecule has 8 nitrogen and oxygen atoms in total. The Bertz CT molecular complexity index is 633. The average molecular weight is 306 g/mol. The molecule has 0 aliphatic heterocycles. The lowest BCUT2D eigenvalue weighted by atomic mass is 10.2. The molecule has 0 fully saturated rings. The van der Waals surface area contributed by atoms with Crippen molar-refractivity contribution < 1.29 is 9.32 Å². The first-order chi connectivity index (χ1) is 10.5. The summed E-state index contributed by atoms with van der Waals surface area (Å²) in [5.41, 5.74) is 0.864. The van der Waals surface area contributed by atoms with Gasteiger partial charge in [-0.2, -0.15) is 10.1 Å². The van der Waals surface area contributed by atoms with Crippen molar-refractivity contribution in [3.05, 3.63) is 23.5 Å². The highest BCUT2D eigenvalue weighted by Crippen LogP contribution is 2.15.